The minimum absolute atomic E-state index is 0.156. The fourth-order valence-electron chi connectivity index (χ4n) is 2.82. The standard InChI is InChI=1S/C12H22N2O/c1-9-5-10(2)7-14(6-9)11(15)12(8-13)3-4-12/h9-10H,3-8,13H2,1-2H3. The zero-order valence-electron chi connectivity index (χ0n) is 9.83. The summed E-state index contributed by atoms with van der Waals surface area (Å²) in [6, 6.07) is 0. The Hall–Kier alpha value is -0.570. The van der Waals surface area contributed by atoms with E-state index in [2.05, 4.69) is 18.7 Å². The normalized spacial score (nSPS) is 33.9. The molecule has 2 aliphatic rings. The lowest BCUT2D eigenvalue weighted by atomic mass is 9.90. The van der Waals surface area contributed by atoms with Gasteiger partial charge < -0.3 is 10.6 Å². The summed E-state index contributed by atoms with van der Waals surface area (Å²) >= 11 is 0. The maximum absolute atomic E-state index is 12.3. The molecule has 2 atom stereocenters. The molecular formula is C12H22N2O. The predicted octanol–water partition coefficient (Wildman–Crippen LogP) is 1.23. The number of carbonyl (C=O) groups excluding carboxylic acids is 1. The van der Waals surface area contributed by atoms with Crippen LogP contribution in [0, 0.1) is 17.3 Å². The van der Waals surface area contributed by atoms with Crippen molar-refractivity contribution in [1.82, 2.24) is 4.90 Å². The summed E-state index contributed by atoms with van der Waals surface area (Å²) in [4.78, 5) is 14.3. The van der Waals surface area contributed by atoms with Crippen molar-refractivity contribution in [2.45, 2.75) is 33.1 Å². The quantitative estimate of drug-likeness (QED) is 0.745. The van der Waals surface area contributed by atoms with Crippen LogP contribution < -0.4 is 5.73 Å². The van der Waals surface area contributed by atoms with Gasteiger partial charge in [0.05, 0.1) is 5.41 Å². The Kier molecular flexibility index (Phi) is 2.75. The summed E-state index contributed by atoms with van der Waals surface area (Å²) in [5.74, 6) is 1.61. The van der Waals surface area contributed by atoms with E-state index >= 15 is 0 Å². The van der Waals surface area contributed by atoms with Gasteiger partial charge in [-0.05, 0) is 31.1 Å². The van der Waals surface area contributed by atoms with Gasteiger partial charge in [0.15, 0.2) is 0 Å². The van der Waals surface area contributed by atoms with E-state index in [1.807, 2.05) is 0 Å². The molecule has 1 saturated carbocycles. The minimum Gasteiger partial charge on any atom is -0.342 e. The molecule has 2 rings (SSSR count). The van der Waals surface area contributed by atoms with Crippen LogP contribution in [-0.4, -0.2) is 30.4 Å². The summed E-state index contributed by atoms with van der Waals surface area (Å²) in [7, 11) is 0. The van der Waals surface area contributed by atoms with Crippen LogP contribution in [-0.2, 0) is 4.79 Å². The van der Waals surface area contributed by atoms with Gasteiger partial charge in [0.2, 0.25) is 5.91 Å². The van der Waals surface area contributed by atoms with Crippen LogP contribution in [0.15, 0.2) is 0 Å². The second kappa shape index (κ2) is 3.78. The predicted molar refractivity (Wildman–Crippen MR) is 60.2 cm³/mol. The van der Waals surface area contributed by atoms with Crippen LogP contribution in [0.1, 0.15) is 33.1 Å². The fraction of sp³-hybridized carbons (Fsp3) is 0.917. The number of carbonyl (C=O) groups is 1. The van der Waals surface area contributed by atoms with E-state index in [1.54, 1.807) is 0 Å². The van der Waals surface area contributed by atoms with Crippen LogP contribution in [0.2, 0.25) is 0 Å². The molecule has 1 amide bonds. The van der Waals surface area contributed by atoms with Gasteiger partial charge in [-0.1, -0.05) is 13.8 Å². The van der Waals surface area contributed by atoms with Gasteiger partial charge in [-0.2, -0.15) is 0 Å². The Labute approximate surface area is 92.0 Å². The van der Waals surface area contributed by atoms with Crippen molar-refractivity contribution in [3.8, 4) is 0 Å². The Bertz CT molecular complexity index is 250. The first-order valence-electron chi connectivity index (χ1n) is 6.07. The first-order chi connectivity index (χ1) is 7.07. The van der Waals surface area contributed by atoms with Gasteiger partial charge in [-0.25, -0.2) is 0 Å². The molecule has 0 aromatic heterocycles. The fourth-order valence-corrected chi connectivity index (χ4v) is 2.82. The number of hydrogen-bond donors (Lipinski definition) is 1. The van der Waals surface area contributed by atoms with Crippen molar-refractivity contribution in [1.29, 1.82) is 0 Å². The third-order valence-corrected chi connectivity index (χ3v) is 3.85. The molecule has 3 nitrogen and oxygen atoms in total. The van der Waals surface area contributed by atoms with Crippen molar-refractivity contribution in [2.75, 3.05) is 19.6 Å². The topological polar surface area (TPSA) is 46.3 Å². The van der Waals surface area contributed by atoms with E-state index in [1.165, 1.54) is 6.42 Å². The van der Waals surface area contributed by atoms with Gasteiger partial charge in [0.1, 0.15) is 0 Å². The molecule has 0 spiro atoms. The molecule has 1 saturated heterocycles. The molecule has 1 heterocycles. The lowest BCUT2D eigenvalue weighted by Crippen LogP contribution is -2.47. The maximum atomic E-state index is 12.3. The lowest BCUT2D eigenvalue weighted by molar-refractivity contribution is -0.139. The van der Waals surface area contributed by atoms with E-state index in [4.69, 9.17) is 5.73 Å². The van der Waals surface area contributed by atoms with E-state index in [-0.39, 0.29) is 5.41 Å². The summed E-state index contributed by atoms with van der Waals surface area (Å²) in [5.41, 5.74) is 5.54. The first-order valence-corrected chi connectivity index (χ1v) is 6.07. The van der Waals surface area contributed by atoms with Gasteiger partial charge in [-0.3, -0.25) is 4.79 Å². The van der Waals surface area contributed by atoms with Crippen LogP contribution in [0.25, 0.3) is 0 Å². The number of piperidine rings is 1. The average molecular weight is 210 g/mol. The van der Waals surface area contributed by atoms with Crippen molar-refractivity contribution in [3.05, 3.63) is 0 Å². The van der Waals surface area contributed by atoms with Crippen LogP contribution in [0.3, 0.4) is 0 Å². The molecule has 0 aromatic rings. The van der Waals surface area contributed by atoms with Crippen LogP contribution in [0.4, 0.5) is 0 Å². The molecule has 2 fully saturated rings. The van der Waals surface area contributed by atoms with Gasteiger partial charge in [0, 0.05) is 19.6 Å². The van der Waals surface area contributed by atoms with Gasteiger partial charge in [0.25, 0.3) is 0 Å². The van der Waals surface area contributed by atoms with Crippen LogP contribution >= 0.6 is 0 Å². The average Bonchev–Trinajstić information content (AvgIpc) is 2.95. The van der Waals surface area contributed by atoms with E-state index in [9.17, 15) is 4.79 Å². The number of likely N-dealkylation sites (tertiary alicyclic amines) is 1. The highest BCUT2D eigenvalue weighted by atomic mass is 16.2. The zero-order chi connectivity index (χ0) is 11.1. The smallest absolute Gasteiger partial charge is 0.230 e. The highest BCUT2D eigenvalue weighted by Crippen LogP contribution is 2.46. The van der Waals surface area contributed by atoms with Crippen molar-refractivity contribution >= 4 is 5.91 Å². The van der Waals surface area contributed by atoms with Gasteiger partial charge >= 0.3 is 0 Å². The highest BCUT2D eigenvalue weighted by Gasteiger charge is 2.51. The van der Waals surface area contributed by atoms with Crippen LogP contribution in [0.5, 0.6) is 0 Å². The zero-order valence-corrected chi connectivity index (χ0v) is 9.83. The number of nitrogens with two attached hydrogens (primary N) is 1. The lowest BCUT2D eigenvalue weighted by Gasteiger charge is -2.37. The molecule has 1 aliphatic heterocycles. The third kappa shape index (κ3) is 2.03. The molecule has 0 bridgehead atoms. The largest absolute Gasteiger partial charge is 0.342 e. The molecular weight excluding hydrogens is 188 g/mol. The van der Waals surface area contributed by atoms with Crippen molar-refractivity contribution in [3.63, 3.8) is 0 Å². The number of amides is 1. The Morgan fingerprint density at radius 2 is 1.87 bits per heavy atom. The molecule has 0 radical (unpaired) electrons. The highest BCUT2D eigenvalue weighted by molar-refractivity contribution is 5.85. The molecule has 1 aliphatic carbocycles. The summed E-state index contributed by atoms with van der Waals surface area (Å²) in [6.07, 6.45) is 3.25. The van der Waals surface area contributed by atoms with Crippen molar-refractivity contribution in [2.24, 2.45) is 23.0 Å². The first kappa shape index (κ1) is 10.9. The van der Waals surface area contributed by atoms with E-state index in [0.717, 1.165) is 25.9 Å². The summed E-state index contributed by atoms with van der Waals surface area (Å²) in [6.45, 7) is 6.87. The maximum Gasteiger partial charge on any atom is 0.230 e. The Morgan fingerprint density at radius 1 is 1.33 bits per heavy atom. The molecule has 0 aromatic carbocycles. The monoisotopic (exact) mass is 210 g/mol. The second-order valence-corrected chi connectivity index (χ2v) is 5.64. The number of hydrogen-bond acceptors (Lipinski definition) is 2. The third-order valence-electron chi connectivity index (χ3n) is 3.85. The van der Waals surface area contributed by atoms with E-state index in [0.29, 0.717) is 24.3 Å². The Balaban J connectivity index is 2.01. The number of nitrogens with zero attached hydrogens (tertiary/aromatic N) is 1. The van der Waals surface area contributed by atoms with E-state index < -0.39 is 0 Å². The van der Waals surface area contributed by atoms with Gasteiger partial charge in [-0.15, -0.1) is 0 Å². The number of rotatable bonds is 2. The minimum atomic E-state index is -0.156. The Morgan fingerprint density at radius 3 is 2.27 bits per heavy atom. The summed E-state index contributed by atoms with van der Waals surface area (Å²) in [5, 5.41) is 0. The molecule has 2 N–H and O–H groups in total. The molecule has 15 heavy (non-hydrogen) atoms. The second-order valence-electron chi connectivity index (χ2n) is 5.64. The SMILES string of the molecule is CC1CC(C)CN(C(=O)C2(CN)CC2)C1. The van der Waals surface area contributed by atoms with Crippen molar-refractivity contribution < 1.29 is 4.79 Å². The molecule has 86 valence electrons. The molecule has 2 unspecified atom stereocenters. The summed E-state index contributed by atoms with van der Waals surface area (Å²) < 4.78 is 0. The molecule has 3 heteroatoms.